The van der Waals surface area contributed by atoms with Crippen LogP contribution in [0.25, 0.3) is 0 Å². The summed E-state index contributed by atoms with van der Waals surface area (Å²) in [6, 6.07) is 14.9. The van der Waals surface area contributed by atoms with Gasteiger partial charge in [-0.05, 0) is 42.0 Å². The van der Waals surface area contributed by atoms with Gasteiger partial charge in [0.25, 0.3) is 0 Å². The number of rotatable bonds is 3. The molecule has 3 heteroatoms. The molecule has 0 fully saturated rings. The number of nitrogens with one attached hydrogen (secondary N) is 1. The molecule has 0 radical (unpaired) electrons. The van der Waals surface area contributed by atoms with Gasteiger partial charge in [0.15, 0.2) is 0 Å². The molecule has 1 unspecified atom stereocenters. The van der Waals surface area contributed by atoms with Gasteiger partial charge in [0, 0.05) is 12.6 Å². The molecule has 3 rings (SSSR count). The van der Waals surface area contributed by atoms with Crippen molar-refractivity contribution in [2.75, 3.05) is 0 Å². The van der Waals surface area contributed by atoms with E-state index in [1.54, 1.807) is 0 Å². The van der Waals surface area contributed by atoms with E-state index in [9.17, 15) is 0 Å². The maximum absolute atomic E-state index is 6.24. The van der Waals surface area contributed by atoms with Crippen molar-refractivity contribution < 1.29 is 0 Å². The van der Waals surface area contributed by atoms with E-state index in [0.717, 1.165) is 12.1 Å². The molecular weight excluding hydrogens is 289 g/mol. The van der Waals surface area contributed by atoms with E-state index in [2.05, 4.69) is 29.6 Å². The first kappa shape index (κ1) is 13.9. The molecule has 0 aliphatic heterocycles. The van der Waals surface area contributed by atoms with E-state index in [-0.39, 0.29) is 0 Å². The second-order valence-electron chi connectivity index (χ2n) is 5.24. The molecule has 0 amide bonds. The van der Waals surface area contributed by atoms with Crippen LogP contribution in [0.1, 0.15) is 35.6 Å². The molecule has 2 aromatic carbocycles. The summed E-state index contributed by atoms with van der Waals surface area (Å²) < 4.78 is 0. The molecule has 1 atom stereocenters. The zero-order valence-electron chi connectivity index (χ0n) is 11.2. The van der Waals surface area contributed by atoms with Crippen molar-refractivity contribution >= 4 is 23.2 Å². The minimum atomic E-state index is 0.412. The minimum absolute atomic E-state index is 0.412. The van der Waals surface area contributed by atoms with Crippen molar-refractivity contribution in [1.29, 1.82) is 0 Å². The third kappa shape index (κ3) is 2.85. The van der Waals surface area contributed by atoms with Crippen LogP contribution < -0.4 is 5.32 Å². The van der Waals surface area contributed by atoms with Crippen LogP contribution in [0.15, 0.2) is 42.5 Å². The Bertz CT molecular complexity index is 610. The zero-order valence-corrected chi connectivity index (χ0v) is 12.7. The maximum Gasteiger partial charge on any atom is 0.0637 e. The largest absolute Gasteiger partial charge is 0.306 e. The van der Waals surface area contributed by atoms with E-state index in [0.29, 0.717) is 16.1 Å². The fourth-order valence-electron chi connectivity index (χ4n) is 2.88. The standard InChI is InChI=1S/C17H17Cl2N/c18-15-9-3-7-13(17(15)19)11-20-16-10-4-6-12-5-1-2-8-14(12)16/h1-3,5,7-9,16,20H,4,6,10-11H2. The maximum atomic E-state index is 6.24. The molecule has 1 aliphatic carbocycles. The van der Waals surface area contributed by atoms with Crippen LogP contribution in [-0.2, 0) is 13.0 Å². The zero-order chi connectivity index (χ0) is 13.9. The van der Waals surface area contributed by atoms with Gasteiger partial charge in [-0.2, -0.15) is 0 Å². The summed E-state index contributed by atoms with van der Waals surface area (Å²) >= 11 is 12.3. The highest BCUT2D eigenvalue weighted by Gasteiger charge is 2.19. The molecule has 0 aromatic heterocycles. The van der Waals surface area contributed by atoms with Crippen LogP contribution in [0.5, 0.6) is 0 Å². The molecule has 1 aliphatic rings. The molecule has 0 saturated carbocycles. The van der Waals surface area contributed by atoms with Crippen LogP contribution in [-0.4, -0.2) is 0 Å². The molecule has 0 saturated heterocycles. The monoisotopic (exact) mass is 305 g/mol. The van der Waals surface area contributed by atoms with Crippen LogP contribution in [0.2, 0.25) is 10.0 Å². The van der Waals surface area contributed by atoms with Gasteiger partial charge in [0.2, 0.25) is 0 Å². The van der Waals surface area contributed by atoms with Gasteiger partial charge in [-0.3, -0.25) is 0 Å². The summed E-state index contributed by atoms with van der Waals surface area (Å²) in [6.07, 6.45) is 3.60. The molecule has 104 valence electrons. The predicted octanol–water partition coefficient (Wildman–Crippen LogP) is 5.16. The van der Waals surface area contributed by atoms with E-state index in [1.165, 1.54) is 30.4 Å². The van der Waals surface area contributed by atoms with Crippen LogP contribution >= 0.6 is 23.2 Å². The second-order valence-corrected chi connectivity index (χ2v) is 6.02. The second kappa shape index (κ2) is 6.17. The summed E-state index contributed by atoms with van der Waals surface area (Å²) in [6.45, 7) is 0.748. The first-order chi connectivity index (χ1) is 9.75. The lowest BCUT2D eigenvalue weighted by Gasteiger charge is -2.26. The van der Waals surface area contributed by atoms with Crippen molar-refractivity contribution in [3.05, 3.63) is 69.2 Å². The Hall–Kier alpha value is -1.02. The molecule has 0 bridgehead atoms. The average Bonchev–Trinajstić information content (AvgIpc) is 2.49. The number of aryl methyl sites for hydroxylation is 1. The van der Waals surface area contributed by atoms with E-state index in [1.807, 2.05) is 18.2 Å². The molecular formula is C17H17Cl2N. The van der Waals surface area contributed by atoms with Gasteiger partial charge in [-0.1, -0.05) is 59.6 Å². The third-order valence-corrected chi connectivity index (χ3v) is 4.80. The van der Waals surface area contributed by atoms with Crippen molar-refractivity contribution in [3.8, 4) is 0 Å². The van der Waals surface area contributed by atoms with Gasteiger partial charge in [-0.15, -0.1) is 0 Å². The summed E-state index contributed by atoms with van der Waals surface area (Å²) in [5.41, 5.74) is 3.95. The topological polar surface area (TPSA) is 12.0 Å². The normalized spacial score (nSPS) is 17.8. The Morgan fingerprint density at radius 2 is 1.90 bits per heavy atom. The van der Waals surface area contributed by atoms with E-state index < -0.39 is 0 Å². The van der Waals surface area contributed by atoms with Gasteiger partial charge in [-0.25, -0.2) is 0 Å². The lowest BCUT2D eigenvalue weighted by molar-refractivity contribution is 0.459. The summed E-state index contributed by atoms with van der Waals surface area (Å²) in [5.74, 6) is 0. The Morgan fingerprint density at radius 1 is 1.05 bits per heavy atom. The smallest absolute Gasteiger partial charge is 0.0637 e. The van der Waals surface area contributed by atoms with Crippen molar-refractivity contribution in [1.82, 2.24) is 5.32 Å². The SMILES string of the molecule is Clc1cccc(CNC2CCCc3ccccc32)c1Cl. The fraction of sp³-hybridized carbons (Fsp3) is 0.294. The first-order valence-corrected chi connectivity index (χ1v) is 7.75. The number of benzene rings is 2. The predicted molar refractivity (Wildman–Crippen MR) is 85.4 cm³/mol. The average molecular weight is 306 g/mol. The van der Waals surface area contributed by atoms with Crippen molar-refractivity contribution in [2.24, 2.45) is 0 Å². The van der Waals surface area contributed by atoms with Gasteiger partial charge in [0.05, 0.1) is 10.0 Å². The number of hydrogen-bond acceptors (Lipinski definition) is 1. The molecule has 1 nitrogen and oxygen atoms in total. The Balaban J connectivity index is 1.75. The molecule has 0 spiro atoms. The minimum Gasteiger partial charge on any atom is -0.306 e. The number of fused-ring (bicyclic) bond motifs is 1. The quantitative estimate of drug-likeness (QED) is 0.826. The van der Waals surface area contributed by atoms with Gasteiger partial charge >= 0.3 is 0 Å². The molecule has 20 heavy (non-hydrogen) atoms. The highest BCUT2D eigenvalue weighted by atomic mass is 35.5. The van der Waals surface area contributed by atoms with Crippen LogP contribution in [0.4, 0.5) is 0 Å². The highest BCUT2D eigenvalue weighted by Crippen LogP contribution is 2.31. The summed E-state index contributed by atoms with van der Waals surface area (Å²) in [7, 11) is 0. The highest BCUT2D eigenvalue weighted by molar-refractivity contribution is 6.42. The van der Waals surface area contributed by atoms with E-state index >= 15 is 0 Å². The lowest BCUT2D eigenvalue weighted by atomic mass is 9.87. The summed E-state index contributed by atoms with van der Waals surface area (Å²) in [5, 5.41) is 4.90. The van der Waals surface area contributed by atoms with Crippen LogP contribution in [0.3, 0.4) is 0 Å². The van der Waals surface area contributed by atoms with E-state index in [4.69, 9.17) is 23.2 Å². The molecule has 1 N–H and O–H groups in total. The Labute approximate surface area is 129 Å². The molecule has 2 aromatic rings. The number of hydrogen-bond donors (Lipinski definition) is 1. The Morgan fingerprint density at radius 3 is 2.80 bits per heavy atom. The number of halogens is 2. The first-order valence-electron chi connectivity index (χ1n) is 7.00. The summed E-state index contributed by atoms with van der Waals surface area (Å²) in [4.78, 5) is 0. The Kier molecular flexibility index (Phi) is 4.30. The fourth-order valence-corrected chi connectivity index (χ4v) is 3.27. The van der Waals surface area contributed by atoms with Crippen LogP contribution in [0, 0.1) is 0 Å². The van der Waals surface area contributed by atoms with Gasteiger partial charge < -0.3 is 5.32 Å². The lowest BCUT2D eigenvalue weighted by Crippen LogP contribution is -2.24. The third-order valence-electron chi connectivity index (χ3n) is 3.94. The van der Waals surface area contributed by atoms with Crippen molar-refractivity contribution in [2.45, 2.75) is 31.8 Å². The molecule has 0 heterocycles. The van der Waals surface area contributed by atoms with Gasteiger partial charge in [0.1, 0.15) is 0 Å². The van der Waals surface area contributed by atoms with Crippen molar-refractivity contribution in [3.63, 3.8) is 0 Å².